The molecule has 0 aromatic carbocycles. The summed E-state index contributed by atoms with van der Waals surface area (Å²) in [5.74, 6) is -1.76. The molecule has 0 bridgehead atoms. The summed E-state index contributed by atoms with van der Waals surface area (Å²) < 4.78 is 0. The lowest BCUT2D eigenvalue weighted by Gasteiger charge is -2.25. The Morgan fingerprint density at radius 2 is 2.00 bits per heavy atom. The maximum absolute atomic E-state index is 12.2. The van der Waals surface area contributed by atoms with Crippen LogP contribution in [0.1, 0.15) is 26.2 Å². The molecule has 114 valence electrons. The van der Waals surface area contributed by atoms with E-state index in [1.807, 2.05) is 6.92 Å². The van der Waals surface area contributed by atoms with Crippen LogP contribution in [0, 0.1) is 0 Å². The van der Waals surface area contributed by atoms with Gasteiger partial charge in [0, 0.05) is 26.2 Å². The van der Waals surface area contributed by atoms with Crippen LogP contribution in [0.15, 0.2) is 0 Å². The van der Waals surface area contributed by atoms with Crippen LogP contribution in [-0.2, 0) is 14.4 Å². The Hall–Kier alpha value is -1.63. The first-order chi connectivity index (χ1) is 9.56. The number of nitrogens with two attached hydrogens (primary N) is 1. The van der Waals surface area contributed by atoms with E-state index < -0.39 is 17.7 Å². The van der Waals surface area contributed by atoms with Gasteiger partial charge in [-0.1, -0.05) is 13.3 Å². The van der Waals surface area contributed by atoms with E-state index in [9.17, 15) is 14.4 Å². The minimum Gasteiger partial charge on any atom is -0.368 e. The zero-order valence-corrected chi connectivity index (χ0v) is 12.1. The third-order valence-corrected chi connectivity index (χ3v) is 3.23. The van der Waals surface area contributed by atoms with Gasteiger partial charge in [0.25, 0.3) is 0 Å². The molecule has 1 heterocycles. The maximum atomic E-state index is 12.2. The minimum atomic E-state index is -0.626. The van der Waals surface area contributed by atoms with E-state index in [1.54, 1.807) is 4.90 Å². The summed E-state index contributed by atoms with van der Waals surface area (Å²) >= 11 is 0. The van der Waals surface area contributed by atoms with Crippen LogP contribution in [0.3, 0.4) is 0 Å². The summed E-state index contributed by atoms with van der Waals surface area (Å²) in [4.78, 5) is 38.2. The first-order valence-corrected chi connectivity index (χ1v) is 7.13. The Morgan fingerprint density at radius 1 is 1.25 bits per heavy atom. The molecule has 0 aliphatic carbocycles. The van der Waals surface area contributed by atoms with Crippen LogP contribution in [-0.4, -0.2) is 66.8 Å². The Morgan fingerprint density at radius 3 is 2.65 bits per heavy atom. The van der Waals surface area contributed by atoms with Crippen molar-refractivity contribution in [3.05, 3.63) is 0 Å². The molecule has 1 aliphatic heterocycles. The summed E-state index contributed by atoms with van der Waals surface area (Å²) in [5.41, 5.74) is 5.14. The van der Waals surface area contributed by atoms with E-state index in [0.29, 0.717) is 26.2 Å². The maximum Gasteiger partial charge on any atom is 0.312 e. The summed E-state index contributed by atoms with van der Waals surface area (Å²) in [6.07, 6.45) is 2.45. The van der Waals surface area contributed by atoms with Gasteiger partial charge in [-0.3, -0.25) is 14.4 Å². The van der Waals surface area contributed by atoms with Crippen LogP contribution in [0.25, 0.3) is 0 Å². The highest BCUT2D eigenvalue weighted by Gasteiger charge is 2.27. The molecule has 1 fully saturated rings. The normalized spacial score (nSPS) is 15.6. The number of primary amides is 1. The average Bonchev–Trinajstić information content (AvgIpc) is 2.70. The molecule has 7 nitrogen and oxygen atoms in total. The van der Waals surface area contributed by atoms with Crippen molar-refractivity contribution < 1.29 is 14.4 Å². The second-order valence-corrected chi connectivity index (χ2v) is 4.94. The van der Waals surface area contributed by atoms with Crippen LogP contribution in [0.2, 0.25) is 0 Å². The van der Waals surface area contributed by atoms with Crippen molar-refractivity contribution in [1.29, 1.82) is 0 Å². The number of rotatable bonds is 5. The fraction of sp³-hybridized carbons (Fsp3) is 0.769. The summed E-state index contributed by atoms with van der Waals surface area (Å²) in [6, 6.07) is 0. The average molecular weight is 284 g/mol. The van der Waals surface area contributed by atoms with Gasteiger partial charge in [-0.15, -0.1) is 0 Å². The van der Waals surface area contributed by atoms with Gasteiger partial charge in [0.1, 0.15) is 0 Å². The summed E-state index contributed by atoms with van der Waals surface area (Å²) in [7, 11) is 0. The fourth-order valence-electron chi connectivity index (χ4n) is 2.11. The Labute approximate surface area is 119 Å². The van der Waals surface area contributed by atoms with Crippen LogP contribution < -0.4 is 11.1 Å². The quantitative estimate of drug-likeness (QED) is 0.628. The number of amides is 3. The fourth-order valence-corrected chi connectivity index (χ4v) is 2.11. The predicted molar refractivity (Wildman–Crippen MR) is 74.7 cm³/mol. The molecule has 1 aliphatic rings. The lowest BCUT2D eigenvalue weighted by molar-refractivity contribution is -0.152. The van der Waals surface area contributed by atoms with Gasteiger partial charge in [0.15, 0.2) is 0 Å². The van der Waals surface area contributed by atoms with Gasteiger partial charge in [0.05, 0.1) is 6.54 Å². The van der Waals surface area contributed by atoms with Gasteiger partial charge in [-0.05, 0) is 19.4 Å². The van der Waals surface area contributed by atoms with Crippen molar-refractivity contribution >= 4 is 17.7 Å². The molecule has 1 rings (SSSR count). The van der Waals surface area contributed by atoms with Crippen LogP contribution in [0.4, 0.5) is 0 Å². The lowest BCUT2D eigenvalue weighted by atomic mass is 10.3. The van der Waals surface area contributed by atoms with E-state index in [1.165, 1.54) is 4.90 Å². The molecule has 3 amide bonds. The zero-order chi connectivity index (χ0) is 15.0. The van der Waals surface area contributed by atoms with Crippen molar-refractivity contribution in [2.45, 2.75) is 26.2 Å². The smallest absolute Gasteiger partial charge is 0.312 e. The van der Waals surface area contributed by atoms with Crippen LogP contribution in [0.5, 0.6) is 0 Å². The number of hydrogen-bond donors (Lipinski definition) is 2. The van der Waals surface area contributed by atoms with Crippen molar-refractivity contribution in [3.8, 4) is 0 Å². The van der Waals surface area contributed by atoms with Gasteiger partial charge in [-0.25, -0.2) is 0 Å². The highest BCUT2D eigenvalue weighted by Crippen LogP contribution is 2.02. The molecule has 3 N–H and O–H groups in total. The second-order valence-electron chi connectivity index (χ2n) is 4.94. The standard InChI is InChI=1S/C13H24N4O3/c1-2-3-7-17(10-11(14)18)13(20)12(19)16-8-4-5-15-6-9-16/h15H,2-10H2,1H3,(H2,14,18). The Kier molecular flexibility index (Phi) is 7.00. The molecule has 0 atom stereocenters. The number of nitrogens with zero attached hydrogens (tertiary/aromatic N) is 2. The topological polar surface area (TPSA) is 95.7 Å². The number of nitrogens with one attached hydrogen (secondary N) is 1. The number of unbranched alkanes of at least 4 members (excludes halogenated alkanes) is 1. The zero-order valence-electron chi connectivity index (χ0n) is 12.1. The molecule has 0 spiro atoms. The molecular formula is C13H24N4O3. The minimum absolute atomic E-state index is 0.198. The number of carbonyl (C=O) groups is 3. The van der Waals surface area contributed by atoms with Gasteiger partial charge in [-0.2, -0.15) is 0 Å². The third kappa shape index (κ3) is 5.16. The summed E-state index contributed by atoms with van der Waals surface area (Å²) in [6.45, 7) is 4.78. The molecule has 0 radical (unpaired) electrons. The van der Waals surface area contributed by atoms with E-state index in [-0.39, 0.29) is 6.54 Å². The molecule has 7 heteroatoms. The van der Waals surface area contributed by atoms with Gasteiger partial charge in [0.2, 0.25) is 5.91 Å². The molecule has 0 aromatic heterocycles. The summed E-state index contributed by atoms with van der Waals surface area (Å²) in [5, 5.41) is 3.17. The molecule has 1 saturated heterocycles. The molecule has 0 aromatic rings. The number of carbonyl (C=O) groups excluding carboxylic acids is 3. The molecule has 20 heavy (non-hydrogen) atoms. The molecule has 0 saturated carbocycles. The van der Waals surface area contributed by atoms with Gasteiger partial charge >= 0.3 is 11.8 Å². The lowest BCUT2D eigenvalue weighted by Crippen LogP contribution is -2.49. The second kappa shape index (κ2) is 8.52. The van der Waals surface area contributed by atoms with Gasteiger partial charge < -0.3 is 20.9 Å². The van der Waals surface area contributed by atoms with E-state index >= 15 is 0 Å². The Bertz CT molecular complexity index is 352. The van der Waals surface area contributed by atoms with Crippen molar-refractivity contribution in [3.63, 3.8) is 0 Å². The van der Waals surface area contributed by atoms with E-state index in [4.69, 9.17) is 5.73 Å². The van der Waals surface area contributed by atoms with Crippen molar-refractivity contribution in [2.24, 2.45) is 5.73 Å². The van der Waals surface area contributed by atoms with E-state index in [0.717, 1.165) is 25.8 Å². The third-order valence-electron chi connectivity index (χ3n) is 3.23. The largest absolute Gasteiger partial charge is 0.368 e. The monoisotopic (exact) mass is 284 g/mol. The highest BCUT2D eigenvalue weighted by atomic mass is 16.2. The molecular weight excluding hydrogens is 260 g/mol. The first-order valence-electron chi connectivity index (χ1n) is 7.13. The Balaban J connectivity index is 2.65. The van der Waals surface area contributed by atoms with Crippen molar-refractivity contribution in [2.75, 3.05) is 39.3 Å². The van der Waals surface area contributed by atoms with Crippen LogP contribution >= 0.6 is 0 Å². The molecule has 0 unspecified atom stereocenters. The van der Waals surface area contributed by atoms with E-state index in [2.05, 4.69) is 5.32 Å². The number of hydrogen-bond acceptors (Lipinski definition) is 4. The predicted octanol–water partition coefficient (Wildman–Crippen LogP) is -1.08. The highest BCUT2D eigenvalue weighted by molar-refractivity contribution is 6.35. The first kappa shape index (κ1) is 16.4. The van der Waals surface area contributed by atoms with Crippen molar-refractivity contribution in [1.82, 2.24) is 15.1 Å². The SMILES string of the molecule is CCCCN(CC(N)=O)C(=O)C(=O)N1CCCNCC1.